The van der Waals surface area contributed by atoms with Crippen LogP contribution in [0.1, 0.15) is 41.5 Å². The maximum atomic E-state index is 12.1. The summed E-state index contributed by atoms with van der Waals surface area (Å²) in [4.78, 5) is 23.2. The van der Waals surface area contributed by atoms with Gasteiger partial charge in [0.05, 0.1) is 12.2 Å². The molecule has 0 rings (SSSR count). The van der Waals surface area contributed by atoms with Crippen LogP contribution in [0.25, 0.3) is 0 Å². The number of ether oxygens (including phenoxy) is 2. The third kappa shape index (κ3) is 9.09. The van der Waals surface area contributed by atoms with Crippen LogP contribution in [-0.2, 0) is 23.6 Å². The van der Waals surface area contributed by atoms with Crippen molar-refractivity contribution in [1.82, 2.24) is 10.2 Å². The Kier molecular flexibility index (Phi) is 8.48. The predicted molar refractivity (Wildman–Crippen MR) is 81.1 cm³/mol. The summed E-state index contributed by atoms with van der Waals surface area (Å²) >= 11 is 5.80. The Labute approximate surface area is 130 Å². The highest BCUT2D eigenvalue weighted by Crippen LogP contribution is 2.43. The Balaban J connectivity index is 4.52. The van der Waals surface area contributed by atoms with Gasteiger partial charge in [-0.3, -0.25) is 14.2 Å². The third-order valence-corrected chi connectivity index (χ3v) is 4.15. The summed E-state index contributed by atoms with van der Waals surface area (Å²) in [7, 11) is 0. The lowest BCUT2D eigenvalue weighted by Crippen LogP contribution is -2.41. The number of carbonyl (C=O) groups excluding carboxylic acids is 2. The normalized spacial score (nSPS) is 14.9. The van der Waals surface area contributed by atoms with E-state index in [1.807, 2.05) is 0 Å². The van der Waals surface area contributed by atoms with Gasteiger partial charge >= 0.3 is 18.7 Å². The number of rotatable bonds is 8. The van der Waals surface area contributed by atoms with Gasteiger partial charge in [-0.2, -0.15) is 0 Å². The molecular formula is C12H24ClN2O5P. The molecule has 2 N–H and O–H groups in total. The van der Waals surface area contributed by atoms with Gasteiger partial charge in [-0.15, -0.1) is 0 Å². The smallest absolute Gasteiger partial charge is 0.323 e. The zero-order valence-electron chi connectivity index (χ0n) is 13.2. The molecule has 0 radical (unpaired) electrons. The Hall–Kier alpha value is -0.620. The summed E-state index contributed by atoms with van der Waals surface area (Å²) in [5, 5.41) is 4.86. The van der Waals surface area contributed by atoms with Crippen LogP contribution in [-0.4, -0.2) is 36.2 Å². The first-order chi connectivity index (χ1) is 9.44. The van der Waals surface area contributed by atoms with Crippen LogP contribution < -0.4 is 10.2 Å². The molecule has 9 heteroatoms. The van der Waals surface area contributed by atoms with Crippen LogP contribution >= 0.6 is 18.0 Å². The summed E-state index contributed by atoms with van der Waals surface area (Å²) < 4.78 is 22.1. The summed E-state index contributed by atoms with van der Waals surface area (Å²) in [6, 6.07) is -1.76. The van der Waals surface area contributed by atoms with E-state index in [-0.39, 0.29) is 12.2 Å². The average molecular weight is 343 g/mol. The maximum absolute atomic E-state index is 12.1. The van der Waals surface area contributed by atoms with Gasteiger partial charge in [0.2, 0.25) is 0 Å². The monoisotopic (exact) mass is 342 g/mol. The van der Waals surface area contributed by atoms with Crippen molar-refractivity contribution in [2.75, 3.05) is 0 Å². The Bertz CT molecular complexity index is 382. The molecule has 0 aliphatic heterocycles. The molecule has 0 aliphatic carbocycles. The molecule has 0 spiro atoms. The van der Waals surface area contributed by atoms with E-state index in [2.05, 4.69) is 10.2 Å². The highest BCUT2D eigenvalue weighted by molar-refractivity contribution is 7.86. The molecule has 0 aromatic carbocycles. The van der Waals surface area contributed by atoms with E-state index in [0.717, 1.165) is 0 Å². The summed E-state index contributed by atoms with van der Waals surface area (Å²) in [6.45, 7) is 6.12. The minimum atomic E-state index is -3.63. The molecule has 124 valence electrons. The summed E-state index contributed by atoms with van der Waals surface area (Å²) in [5.74, 6) is -1.16. The number of hydrogen-bond donors (Lipinski definition) is 2. The fourth-order valence-corrected chi connectivity index (χ4v) is 3.47. The van der Waals surface area contributed by atoms with Crippen LogP contribution in [0.15, 0.2) is 0 Å². The zero-order valence-corrected chi connectivity index (χ0v) is 14.8. The molecule has 0 heterocycles. The zero-order chi connectivity index (χ0) is 16.8. The molecule has 0 saturated heterocycles. The number of carbonyl (C=O) groups is 2. The van der Waals surface area contributed by atoms with Crippen molar-refractivity contribution in [1.29, 1.82) is 0 Å². The fourth-order valence-electron chi connectivity index (χ4n) is 1.31. The van der Waals surface area contributed by atoms with Gasteiger partial charge in [-0.1, -0.05) is 0 Å². The molecule has 0 unspecified atom stereocenters. The first kappa shape index (κ1) is 20.4. The van der Waals surface area contributed by atoms with Crippen molar-refractivity contribution in [3.63, 3.8) is 0 Å². The quantitative estimate of drug-likeness (QED) is 0.516. The van der Waals surface area contributed by atoms with Gasteiger partial charge in [0.25, 0.3) is 0 Å². The Morgan fingerprint density at radius 2 is 1.14 bits per heavy atom. The second kappa shape index (κ2) is 8.73. The Morgan fingerprint density at radius 1 is 0.857 bits per heavy atom. The molecule has 7 nitrogen and oxygen atoms in total. The van der Waals surface area contributed by atoms with Crippen LogP contribution in [0, 0.1) is 0 Å². The van der Waals surface area contributed by atoms with E-state index in [4.69, 9.17) is 20.7 Å². The van der Waals surface area contributed by atoms with E-state index in [1.165, 1.54) is 13.8 Å². The first-order valence-electron chi connectivity index (χ1n) is 6.71. The van der Waals surface area contributed by atoms with E-state index in [1.54, 1.807) is 27.7 Å². The first-order valence-corrected chi connectivity index (χ1v) is 9.32. The van der Waals surface area contributed by atoms with Gasteiger partial charge < -0.3 is 9.47 Å². The van der Waals surface area contributed by atoms with Crippen LogP contribution in [0.2, 0.25) is 0 Å². The van der Waals surface area contributed by atoms with Gasteiger partial charge in [0, 0.05) is 0 Å². The van der Waals surface area contributed by atoms with E-state index >= 15 is 0 Å². The maximum Gasteiger partial charge on any atom is 0.323 e. The molecule has 21 heavy (non-hydrogen) atoms. The van der Waals surface area contributed by atoms with Gasteiger partial charge in [-0.25, -0.2) is 10.2 Å². The molecule has 0 aromatic rings. The molecular weight excluding hydrogens is 319 g/mol. The van der Waals surface area contributed by atoms with Gasteiger partial charge in [0.15, 0.2) is 0 Å². The van der Waals surface area contributed by atoms with Crippen molar-refractivity contribution in [2.45, 2.75) is 65.8 Å². The number of esters is 2. The minimum Gasteiger partial charge on any atom is -0.462 e. The molecule has 0 saturated carbocycles. The van der Waals surface area contributed by atoms with Gasteiger partial charge in [-0.05, 0) is 52.8 Å². The molecule has 0 aromatic heterocycles. The highest BCUT2D eigenvalue weighted by Gasteiger charge is 2.30. The fraction of sp³-hybridized carbons (Fsp3) is 0.833. The molecule has 0 fully saturated rings. The van der Waals surface area contributed by atoms with E-state index in [9.17, 15) is 14.2 Å². The molecule has 0 amide bonds. The van der Waals surface area contributed by atoms with Crippen molar-refractivity contribution < 1.29 is 23.6 Å². The lowest BCUT2D eigenvalue weighted by molar-refractivity contribution is -0.149. The molecule has 2 atom stereocenters. The average Bonchev–Trinajstić information content (AvgIpc) is 2.25. The van der Waals surface area contributed by atoms with Crippen LogP contribution in [0.4, 0.5) is 0 Å². The third-order valence-electron chi connectivity index (χ3n) is 2.13. The highest BCUT2D eigenvalue weighted by atomic mass is 35.7. The largest absolute Gasteiger partial charge is 0.462 e. The SMILES string of the molecule is CC(C)OC(=O)[C@H](C)NP(=O)(Cl)N[C@@H](C)C(=O)OC(C)C. The molecule has 0 bridgehead atoms. The lowest BCUT2D eigenvalue weighted by Gasteiger charge is -2.22. The van der Waals surface area contributed by atoms with Crippen molar-refractivity contribution in [3.05, 3.63) is 0 Å². The molecule has 0 aliphatic rings. The topological polar surface area (TPSA) is 93.7 Å². The summed E-state index contributed by atoms with van der Waals surface area (Å²) in [5.41, 5.74) is 0. The second-order valence-electron chi connectivity index (χ2n) is 5.21. The van der Waals surface area contributed by atoms with Crippen molar-refractivity contribution >= 4 is 30.0 Å². The van der Waals surface area contributed by atoms with E-state index in [0.29, 0.717) is 0 Å². The van der Waals surface area contributed by atoms with Crippen molar-refractivity contribution in [3.8, 4) is 0 Å². The lowest BCUT2D eigenvalue weighted by atomic mass is 10.4. The minimum absolute atomic E-state index is 0.288. The predicted octanol–water partition coefficient (Wildman–Crippen LogP) is 2.19. The second-order valence-corrected chi connectivity index (χ2v) is 8.21. The summed E-state index contributed by atoms with van der Waals surface area (Å²) in [6.07, 6.45) is -0.575. The van der Waals surface area contributed by atoms with Crippen LogP contribution in [0.5, 0.6) is 0 Å². The van der Waals surface area contributed by atoms with Crippen molar-refractivity contribution in [2.24, 2.45) is 0 Å². The Morgan fingerprint density at radius 3 is 1.38 bits per heavy atom. The van der Waals surface area contributed by atoms with Crippen LogP contribution in [0.3, 0.4) is 0 Å². The standard InChI is InChI=1S/C12H24ClN2O5P/c1-7(2)19-11(16)9(5)14-21(13,18)15-10(6)12(17)20-8(3)4/h7-10H,1-6H3,(H2,14,15,18)/t9-,10-/m0/s1. The van der Waals surface area contributed by atoms with E-state index < -0.39 is 30.8 Å². The van der Waals surface area contributed by atoms with Gasteiger partial charge in [0.1, 0.15) is 12.1 Å². The number of halogens is 1. The number of nitrogens with one attached hydrogen (secondary N) is 2. The number of hydrogen-bond acceptors (Lipinski definition) is 5.